The Morgan fingerprint density at radius 3 is 2.90 bits per heavy atom. The van der Waals surface area contributed by atoms with Gasteiger partial charge in [0.1, 0.15) is 5.75 Å². The van der Waals surface area contributed by atoms with Crippen LogP contribution in [-0.4, -0.2) is 54.8 Å². The van der Waals surface area contributed by atoms with Crippen molar-refractivity contribution in [2.75, 3.05) is 26.8 Å². The van der Waals surface area contributed by atoms with Crippen molar-refractivity contribution in [2.24, 2.45) is 0 Å². The standard InChI is InChI=1S/C15H19NO5/c1-10(11-4-3-5-12(8-11)20-2)14(17)16-6-7-21-13(9-16)15(18)19/h3-5,8,10,13H,6-7,9H2,1-2H3,(H,18,19)/t10-,13-/m1/s1. The molecule has 1 saturated heterocycles. The molecule has 114 valence electrons. The second kappa shape index (κ2) is 6.58. The molecule has 1 fully saturated rings. The number of aliphatic carboxylic acids is 1. The Kier molecular flexibility index (Phi) is 4.80. The van der Waals surface area contributed by atoms with E-state index in [0.717, 1.165) is 5.56 Å². The maximum absolute atomic E-state index is 12.5. The number of benzene rings is 1. The zero-order chi connectivity index (χ0) is 15.4. The fourth-order valence-corrected chi connectivity index (χ4v) is 2.33. The Labute approximate surface area is 123 Å². The van der Waals surface area contributed by atoms with Crippen LogP contribution in [0, 0.1) is 0 Å². The van der Waals surface area contributed by atoms with Crippen molar-refractivity contribution in [3.63, 3.8) is 0 Å². The van der Waals surface area contributed by atoms with E-state index in [9.17, 15) is 9.59 Å². The lowest BCUT2D eigenvalue weighted by molar-refractivity contribution is -0.159. The molecule has 1 aromatic carbocycles. The SMILES string of the molecule is COc1cccc([C@@H](C)C(=O)N2CCO[C@@H](C(=O)O)C2)c1. The highest BCUT2D eigenvalue weighted by atomic mass is 16.5. The summed E-state index contributed by atoms with van der Waals surface area (Å²) < 4.78 is 10.3. The van der Waals surface area contributed by atoms with Gasteiger partial charge in [-0.05, 0) is 24.6 Å². The minimum atomic E-state index is -1.04. The van der Waals surface area contributed by atoms with Crippen LogP contribution < -0.4 is 4.74 Å². The normalized spacial score (nSPS) is 19.9. The first-order valence-corrected chi connectivity index (χ1v) is 6.80. The van der Waals surface area contributed by atoms with Crippen molar-refractivity contribution in [3.05, 3.63) is 29.8 Å². The van der Waals surface area contributed by atoms with Gasteiger partial charge >= 0.3 is 5.97 Å². The van der Waals surface area contributed by atoms with Gasteiger partial charge in [0.15, 0.2) is 6.10 Å². The molecule has 1 heterocycles. The average Bonchev–Trinajstić information content (AvgIpc) is 2.53. The highest BCUT2D eigenvalue weighted by molar-refractivity contribution is 5.84. The van der Waals surface area contributed by atoms with E-state index in [0.29, 0.717) is 12.3 Å². The molecular weight excluding hydrogens is 274 g/mol. The van der Waals surface area contributed by atoms with E-state index >= 15 is 0 Å². The van der Waals surface area contributed by atoms with Gasteiger partial charge in [0.05, 0.1) is 26.2 Å². The average molecular weight is 293 g/mol. The van der Waals surface area contributed by atoms with Crippen LogP contribution in [0.5, 0.6) is 5.75 Å². The van der Waals surface area contributed by atoms with Crippen LogP contribution in [0.2, 0.25) is 0 Å². The lowest BCUT2D eigenvalue weighted by Gasteiger charge is -2.32. The number of nitrogens with zero attached hydrogens (tertiary/aromatic N) is 1. The lowest BCUT2D eigenvalue weighted by atomic mass is 9.99. The zero-order valence-corrected chi connectivity index (χ0v) is 12.1. The summed E-state index contributed by atoms with van der Waals surface area (Å²) in [5.41, 5.74) is 0.845. The van der Waals surface area contributed by atoms with Crippen molar-refractivity contribution in [1.82, 2.24) is 4.90 Å². The quantitative estimate of drug-likeness (QED) is 0.900. The highest BCUT2D eigenvalue weighted by Crippen LogP contribution is 2.23. The van der Waals surface area contributed by atoms with Crippen molar-refractivity contribution < 1.29 is 24.2 Å². The second-order valence-electron chi connectivity index (χ2n) is 4.98. The summed E-state index contributed by atoms with van der Waals surface area (Å²) in [6.45, 7) is 2.55. The van der Waals surface area contributed by atoms with Crippen molar-refractivity contribution in [2.45, 2.75) is 18.9 Å². The molecule has 2 atom stereocenters. The van der Waals surface area contributed by atoms with E-state index < -0.39 is 12.1 Å². The molecule has 21 heavy (non-hydrogen) atoms. The number of carboxylic acid groups (broad SMARTS) is 1. The minimum absolute atomic E-state index is 0.0858. The third-order valence-electron chi connectivity index (χ3n) is 3.62. The Balaban J connectivity index is 2.09. The molecule has 6 heteroatoms. The molecule has 1 aromatic rings. The van der Waals surface area contributed by atoms with E-state index in [1.807, 2.05) is 31.2 Å². The monoisotopic (exact) mass is 293 g/mol. The van der Waals surface area contributed by atoms with Gasteiger partial charge in [0.2, 0.25) is 5.91 Å². The molecule has 0 saturated carbocycles. The number of hydrogen-bond acceptors (Lipinski definition) is 4. The van der Waals surface area contributed by atoms with Crippen LogP contribution >= 0.6 is 0 Å². The molecule has 0 aromatic heterocycles. The highest BCUT2D eigenvalue weighted by Gasteiger charge is 2.31. The van der Waals surface area contributed by atoms with Gasteiger partial charge in [0, 0.05) is 6.54 Å². The van der Waals surface area contributed by atoms with Crippen LogP contribution in [0.1, 0.15) is 18.4 Å². The largest absolute Gasteiger partial charge is 0.497 e. The first kappa shape index (κ1) is 15.3. The molecule has 6 nitrogen and oxygen atoms in total. The predicted octanol–water partition coefficient (Wildman–Crippen LogP) is 1.11. The Morgan fingerprint density at radius 2 is 2.24 bits per heavy atom. The molecule has 1 aliphatic rings. The van der Waals surface area contributed by atoms with E-state index in [4.69, 9.17) is 14.6 Å². The first-order valence-electron chi connectivity index (χ1n) is 6.80. The molecule has 1 N–H and O–H groups in total. The first-order chi connectivity index (χ1) is 10.0. The van der Waals surface area contributed by atoms with Gasteiger partial charge < -0.3 is 19.5 Å². The number of carboxylic acids is 1. The van der Waals surface area contributed by atoms with Gasteiger partial charge in [-0.25, -0.2) is 4.79 Å². The topological polar surface area (TPSA) is 76.1 Å². The molecule has 1 aliphatic heterocycles. The number of carbonyl (C=O) groups excluding carboxylic acids is 1. The van der Waals surface area contributed by atoms with Crippen molar-refractivity contribution in [1.29, 1.82) is 0 Å². The second-order valence-corrected chi connectivity index (χ2v) is 4.98. The Hall–Kier alpha value is -2.08. The van der Waals surface area contributed by atoms with Gasteiger partial charge in [-0.3, -0.25) is 4.79 Å². The molecule has 0 radical (unpaired) electrons. The van der Waals surface area contributed by atoms with E-state index in [-0.39, 0.29) is 25.0 Å². The number of carbonyl (C=O) groups is 2. The van der Waals surface area contributed by atoms with Crippen molar-refractivity contribution in [3.8, 4) is 5.75 Å². The zero-order valence-electron chi connectivity index (χ0n) is 12.1. The number of ether oxygens (including phenoxy) is 2. The van der Waals surface area contributed by atoms with Crippen LogP contribution in [0.3, 0.4) is 0 Å². The summed E-state index contributed by atoms with van der Waals surface area (Å²) in [4.78, 5) is 25.0. The van der Waals surface area contributed by atoms with Crippen LogP contribution in [0.15, 0.2) is 24.3 Å². The van der Waals surface area contributed by atoms with Crippen LogP contribution in [-0.2, 0) is 14.3 Å². The predicted molar refractivity (Wildman–Crippen MR) is 75.4 cm³/mol. The Morgan fingerprint density at radius 1 is 1.48 bits per heavy atom. The molecular formula is C15H19NO5. The maximum atomic E-state index is 12.5. The molecule has 2 rings (SSSR count). The molecule has 1 amide bonds. The lowest BCUT2D eigenvalue weighted by Crippen LogP contribution is -2.49. The third-order valence-corrected chi connectivity index (χ3v) is 3.62. The maximum Gasteiger partial charge on any atom is 0.334 e. The number of amides is 1. The fourth-order valence-electron chi connectivity index (χ4n) is 2.33. The third kappa shape index (κ3) is 3.52. The smallest absolute Gasteiger partial charge is 0.334 e. The summed E-state index contributed by atoms with van der Waals surface area (Å²) in [5, 5.41) is 8.98. The van der Waals surface area contributed by atoms with E-state index in [2.05, 4.69) is 0 Å². The van der Waals surface area contributed by atoms with Gasteiger partial charge in [0.25, 0.3) is 0 Å². The fraction of sp³-hybridized carbons (Fsp3) is 0.467. The molecule has 0 aliphatic carbocycles. The number of methoxy groups -OCH3 is 1. The number of hydrogen-bond donors (Lipinski definition) is 1. The Bertz CT molecular complexity index is 531. The van der Waals surface area contributed by atoms with Crippen molar-refractivity contribution >= 4 is 11.9 Å². The van der Waals surface area contributed by atoms with Gasteiger partial charge in [-0.1, -0.05) is 12.1 Å². The van der Waals surface area contributed by atoms with Gasteiger partial charge in [-0.15, -0.1) is 0 Å². The molecule has 0 bridgehead atoms. The summed E-state index contributed by atoms with van der Waals surface area (Å²) in [5.74, 6) is -0.801. The van der Waals surface area contributed by atoms with Crippen LogP contribution in [0.4, 0.5) is 0 Å². The number of morpholine rings is 1. The molecule has 0 unspecified atom stereocenters. The summed E-state index contributed by atoms with van der Waals surface area (Å²) in [6.07, 6.45) is -0.944. The number of rotatable bonds is 4. The van der Waals surface area contributed by atoms with Crippen LogP contribution in [0.25, 0.3) is 0 Å². The summed E-state index contributed by atoms with van der Waals surface area (Å²) in [6, 6.07) is 7.32. The minimum Gasteiger partial charge on any atom is -0.497 e. The van der Waals surface area contributed by atoms with E-state index in [1.165, 1.54) is 0 Å². The van der Waals surface area contributed by atoms with Gasteiger partial charge in [-0.2, -0.15) is 0 Å². The van der Waals surface area contributed by atoms with E-state index in [1.54, 1.807) is 12.0 Å². The summed E-state index contributed by atoms with van der Waals surface area (Å²) >= 11 is 0. The summed E-state index contributed by atoms with van der Waals surface area (Å²) in [7, 11) is 1.57. The molecule has 0 spiro atoms.